The average Bonchev–Trinajstić information content (AvgIpc) is 2.85. The Kier molecular flexibility index (Phi) is 5.52. The van der Waals surface area contributed by atoms with Crippen LogP contribution in [0.3, 0.4) is 0 Å². The molecule has 0 spiro atoms. The van der Waals surface area contributed by atoms with Crippen LogP contribution in [0.4, 0.5) is 5.13 Å². The van der Waals surface area contributed by atoms with Gasteiger partial charge in [0.2, 0.25) is 5.91 Å². The van der Waals surface area contributed by atoms with Crippen molar-refractivity contribution in [3.05, 3.63) is 10.6 Å². The lowest BCUT2D eigenvalue weighted by atomic mass is 9.97. The minimum atomic E-state index is -1.04. The zero-order valence-corrected chi connectivity index (χ0v) is 14.1. The fourth-order valence-electron chi connectivity index (χ4n) is 2.84. The second kappa shape index (κ2) is 7.19. The molecule has 0 bridgehead atoms. The van der Waals surface area contributed by atoms with Crippen LogP contribution in [0, 0.1) is 0 Å². The number of rotatable bonds is 5. The summed E-state index contributed by atoms with van der Waals surface area (Å²) in [6, 6.07) is 0.863. The maximum Gasteiger partial charge on any atom is 0.355 e. The molecule has 1 saturated heterocycles. The molecule has 6 nitrogen and oxygen atoms in total. The first kappa shape index (κ1) is 16.9. The molecule has 22 heavy (non-hydrogen) atoms. The number of carboxylic acids is 1. The summed E-state index contributed by atoms with van der Waals surface area (Å²) < 4.78 is 0. The monoisotopic (exact) mass is 325 g/mol. The lowest BCUT2D eigenvalue weighted by molar-refractivity contribution is -0.115. The molecule has 7 heteroatoms. The summed E-state index contributed by atoms with van der Waals surface area (Å²) in [6.45, 7) is 6.68. The Morgan fingerprint density at radius 3 is 2.55 bits per heavy atom. The molecule has 1 fully saturated rings. The highest BCUT2D eigenvalue weighted by Crippen LogP contribution is 2.30. The smallest absolute Gasteiger partial charge is 0.355 e. The van der Waals surface area contributed by atoms with Crippen LogP contribution in [0.15, 0.2) is 0 Å². The van der Waals surface area contributed by atoms with Crippen molar-refractivity contribution in [2.24, 2.45) is 0 Å². The molecule has 1 aliphatic rings. The number of nitrogens with zero attached hydrogens (tertiary/aromatic N) is 2. The van der Waals surface area contributed by atoms with Crippen molar-refractivity contribution in [1.82, 2.24) is 9.88 Å². The lowest BCUT2D eigenvalue weighted by Gasteiger charge is -2.38. The summed E-state index contributed by atoms with van der Waals surface area (Å²) in [5.41, 5.74) is 0.0568. The third-order valence-corrected chi connectivity index (χ3v) is 5.13. The van der Waals surface area contributed by atoms with Crippen molar-refractivity contribution < 1.29 is 14.7 Å². The van der Waals surface area contributed by atoms with E-state index >= 15 is 0 Å². The maximum atomic E-state index is 11.5. The van der Waals surface area contributed by atoms with E-state index < -0.39 is 5.97 Å². The summed E-state index contributed by atoms with van der Waals surface area (Å²) >= 11 is 1.26. The second-order valence-corrected chi connectivity index (χ2v) is 6.88. The number of likely N-dealkylation sites (tertiary alicyclic amines) is 1. The van der Waals surface area contributed by atoms with Gasteiger partial charge in [0.25, 0.3) is 0 Å². The number of carboxylic acid groups (broad SMARTS) is 1. The largest absolute Gasteiger partial charge is 0.476 e. The fourth-order valence-corrected chi connectivity index (χ4v) is 3.82. The summed E-state index contributed by atoms with van der Waals surface area (Å²) in [5.74, 6) is -1.20. The van der Waals surface area contributed by atoms with E-state index in [1.807, 2.05) is 0 Å². The van der Waals surface area contributed by atoms with Crippen LogP contribution >= 0.6 is 11.3 Å². The number of aromatic carboxylic acids is 1. The molecule has 0 aromatic carbocycles. The van der Waals surface area contributed by atoms with Gasteiger partial charge in [-0.2, -0.15) is 0 Å². The Morgan fingerprint density at radius 2 is 2.00 bits per heavy atom. The lowest BCUT2D eigenvalue weighted by Crippen LogP contribution is -2.43. The third kappa shape index (κ3) is 3.84. The molecule has 2 rings (SSSR count). The Balaban J connectivity index is 2.21. The van der Waals surface area contributed by atoms with Gasteiger partial charge in [0, 0.05) is 25.0 Å². The second-order valence-electron chi connectivity index (χ2n) is 5.80. The molecule has 1 aliphatic heterocycles. The molecule has 2 N–H and O–H groups in total. The molecule has 0 radical (unpaired) electrons. The molecule has 2 heterocycles. The zero-order valence-electron chi connectivity index (χ0n) is 13.3. The van der Waals surface area contributed by atoms with Gasteiger partial charge < -0.3 is 10.4 Å². The van der Waals surface area contributed by atoms with Crippen LogP contribution < -0.4 is 5.32 Å². The zero-order chi connectivity index (χ0) is 16.3. The normalized spacial score (nSPS) is 22.5. The number of carbonyl (C=O) groups is 2. The van der Waals surface area contributed by atoms with E-state index in [2.05, 4.69) is 29.0 Å². The first-order chi connectivity index (χ1) is 10.4. The Labute approximate surface area is 134 Å². The summed E-state index contributed by atoms with van der Waals surface area (Å²) in [4.78, 5) is 30.0. The molecule has 0 aliphatic carbocycles. The number of nitrogens with one attached hydrogen (secondary N) is 1. The minimum absolute atomic E-state index is 0.0568. The molecule has 1 aromatic heterocycles. The highest BCUT2D eigenvalue weighted by molar-refractivity contribution is 7.16. The van der Waals surface area contributed by atoms with E-state index in [9.17, 15) is 14.7 Å². The van der Waals surface area contributed by atoms with E-state index in [0.29, 0.717) is 35.1 Å². The molecule has 1 amide bonds. The quantitative estimate of drug-likeness (QED) is 0.869. The number of thiazole rings is 1. The van der Waals surface area contributed by atoms with Gasteiger partial charge >= 0.3 is 5.97 Å². The van der Waals surface area contributed by atoms with Gasteiger partial charge in [-0.3, -0.25) is 9.69 Å². The van der Waals surface area contributed by atoms with Crippen molar-refractivity contribution in [3.8, 4) is 0 Å². The van der Waals surface area contributed by atoms with Gasteiger partial charge in [-0.05, 0) is 26.7 Å². The van der Waals surface area contributed by atoms with E-state index in [4.69, 9.17) is 0 Å². The van der Waals surface area contributed by atoms with Crippen LogP contribution in [-0.4, -0.2) is 39.0 Å². The van der Waals surface area contributed by atoms with Crippen molar-refractivity contribution in [2.45, 2.75) is 65.1 Å². The molecule has 2 unspecified atom stereocenters. The fraction of sp³-hybridized carbons (Fsp3) is 0.667. The molecule has 122 valence electrons. The number of amides is 1. The minimum Gasteiger partial charge on any atom is -0.476 e. The van der Waals surface area contributed by atoms with Crippen LogP contribution in [0.2, 0.25) is 0 Å². The van der Waals surface area contributed by atoms with Gasteiger partial charge in [0.15, 0.2) is 10.8 Å². The number of hydrogen-bond acceptors (Lipinski definition) is 5. The van der Waals surface area contributed by atoms with E-state index in [-0.39, 0.29) is 11.6 Å². The van der Waals surface area contributed by atoms with Gasteiger partial charge in [-0.1, -0.05) is 24.7 Å². The summed E-state index contributed by atoms with van der Waals surface area (Å²) in [6.07, 6.45) is 3.82. The first-order valence-corrected chi connectivity index (χ1v) is 8.52. The van der Waals surface area contributed by atoms with Crippen molar-refractivity contribution >= 4 is 28.3 Å². The topological polar surface area (TPSA) is 82.5 Å². The first-order valence-electron chi connectivity index (χ1n) is 7.71. The Hall–Kier alpha value is -1.47. The number of hydrogen-bond donors (Lipinski definition) is 2. The maximum absolute atomic E-state index is 11.5. The molecule has 0 saturated carbocycles. The van der Waals surface area contributed by atoms with Gasteiger partial charge in [0.05, 0.1) is 4.88 Å². The predicted octanol–water partition coefficient (Wildman–Crippen LogP) is 2.95. The molecular formula is C15H23N3O3S. The standard InChI is InChI=1S/C15H23N3O3S/c1-4-12(19)16-15-17-13(14(20)21)11(22-15)8-18-9(2)6-5-7-10(18)3/h9-10H,4-8H2,1-3H3,(H,20,21)(H,16,17,19). The molecular weight excluding hydrogens is 302 g/mol. The SMILES string of the molecule is CCC(=O)Nc1nc(C(=O)O)c(CN2C(C)CCCC2C)s1. The number of aromatic nitrogens is 1. The molecule has 2 atom stereocenters. The van der Waals surface area contributed by atoms with E-state index in [0.717, 1.165) is 12.8 Å². The van der Waals surface area contributed by atoms with E-state index in [1.54, 1.807) is 6.92 Å². The number of anilines is 1. The van der Waals surface area contributed by atoms with E-state index in [1.165, 1.54) is 17.8 Å². The third-order valence-electron chi connectivity index (χ3n) is 4.17. The predicted molar refractivity (Wildman–Crippen MR) is 86.3 cm³/mol. The summed E-state index contributed by atoms with van der Waals surface area (Å²) in [7, 11) is 0. The van der Waals surface area contributed by atoms with Crippen LogP contribution in [0.25, 0.3) is 0 Å². The molecule has 1 aromatic rings. The Bertz CT molecular complexity index is 548. The highest BCUT2D eigenvalue weighted by atomic mass is 32.1. The van der Waals surface area contributed by atoms with Crippen molar-refractivity contribution in [3.63, 3.8) is 0 Å². The van der Waals surface area contributed by atoms with Crippen molar-refractivity contribution in [2.75, 3.05) is 5.32 Å². The average molecular weight is 325 g/mol. The van der Waals surface area contributed by atoms with Gasteiger partial charge in [-0.15, -0.1) is 0 Å². The van der Waals surface area contributed by atoms with Gasteiger partial charge in [0.1, 0.15) is 0 Å². The van der Waals surface area contributed by atoms with Crippen LogP contribution in [-0.2, 0) is 11.3 Å². The van der Waals surface area contributed by atoms with Crippen LogP contribution in [0.5, 0.6) is 0 Å². The Morgan fingerprint density at radius 1 is 1.36 bits per heavy atom. The van der Waals surface area contributed by atoms with Crippen molar-refractivity contribution in [1.29, 1.82) is 0 Å². The number of piperidine rings is 1. The van der Waals surface area contributed by atoms with Gasteiger partial charge in [-0.25, -0.2) is 9.78 Å². The highest BCUT2D eigenvalue weighted by Gasteiger charge is 2.28. The van der Waals surface area contributed by atoms with Crippen LogP contribution in [0.1, 0.15) is 61.8 Å². The number of carbonyl (C=O) groups excluding carboxylic acids is 1. The summed E-state index contributed by atoms with van der Waals surface area (Å²) in [5, 5.41) is 12.4.